The summed E-state index contributed by atoms with van der Waals surface area (Å²) >= 11 is 6.35. The number of ketones is 1. The predicted octanol–water partition coefficient (Wildman–Crippen LogP) is 2.27. The molecule has 0 N–H and O–H groups in total. The molecule has 2 atom stereocenters. The Kier molecular flexibility index (Phi) is 5.53. The molecule has 7 nitrogen and oxygen atoms in total. The number of hydrogen-bond donors (Lipinski definition) is 0. The van der Waals surface area contributed by atoms with Gasteiger partial charge in [0, 0.05) is 18.1 Å². The predicted molar refractivity (Wildman–Crippen MR) is 96.7 cm³/mol. The maximum absolute atomic E-state index is 12.0. The third-order valence-corrected chi connectivity index (χ3v) is 6.90. The van der Waals surface area contributed by atoms with Gasteiger partial charge in [-0.2, -0.15) is 5.10 Å². The van der Waals surface area contributed by atoms with Crippen molar-refractivity contribution in [1.82, 2.24) is 9.78 Å². The van der Waals surface area contributed by atoms with Crippen molar-refractivity contribution in [3.05, 3.63) is 22.5 Å². The third kappa shape index (κ3) is 4.17. The zero-order valence-electron chi connectivity index (χ0n) is 14.5. The fraction of sp³-hybridized carbons (Fsp3) is 0.588. The van der Waals surface area contributed by atoms with E-state index in [1.165, 1.54) is 16.8 Å². The van der Waals surface area contributed by atoms with Gasteiger partial charge >= 0.3 is 5.97 Å². The van der Waals surface area contributed by atoms with E-state index in [2.05, 4.69) is 5.10 Å². The highest BCUT2D eigenvalue weighted by atomic mass is 35.5. The number of ether oxygens (including phenoxy) is 1. The van der Waals surface area contributed by atoms with Crippen LogP contribution in [0, 0.1) is 6.92 Å². The number of hydrogen-bond acceptors (Lipinski definition) is 6. The summed E-state index contributed by atoms with van der Waals surface area (Å²) in [5.41, 5.74) is 1.14. The van der Waals surface area contributed by atoms with E-state index in [9.17, 15) is 18.0 Å². The van der Waals surface area contributed by atoms with E-state index >= 15 is 0 Å². The zero-order chi connectivity index (χ0) is 18.9. The Balaban J connectivity index is 1.70. The van der Waals surface area contributed by atoms with E-state index in [4.69, 9.17) is 16.3 Å². The summed E-state index contributed by atoms with van der Waals surface area (Å²) in [5, 5.41) is 4.62. The van der Waals surface area contributed by atoms with Crippen molar-refractivity contribution >= 4 is 39.3 Å². The number of sulfone groups is 1. The second-order valence-corrected chi connectivity index (χ2v) is 9.35. The summed E-state index contributed by atoms with van der Waals surface area (Å²) in [4.78, 5) is 23.7. The van der Waals surface area contributed by atoms with Crippen LogP contribution in [0.5, 0.6) is 0 Å². The average molecular weight is 401 g/mol. The number of aryl methyl sites for hydroxylation is 1. The molecule has 0 radical (unpaired) electrons. The second kappa shape index (κ2) is 7.52. The van der Waals surface area contributed by atoms with Crippen molar-refractivity contribution in [2.75, 3.05) is 11.5 Å². The number of carbonyl (C=O) groups is 2. The van der Waals surface area contributed by atoms with Crippen molar-refractivity contribution in [3.8, 4) is 0 Å². The molecule has 0 bridgehead atoms. The Morgan fingerprint density at radius 1 is 1.35 bits per heavy atom. The van der Waals surface area contributed by atoms with Crippen LogP contribution in [0.3, 0.4) is 0 Å². The molecule has 1 aromatic heterocycles. The van der Waals surface area contributed by atoms with Crippen molar-refractivity contribution < 1.29 is 22.7 Å². The molecule has 0 amide bonds. The van der Waals surface area contributed by atoms with Gasteiger partial charge in [0.1, 0.15) is 5.15 Å². The van der Waals surface area contributed by atoms with Gasteiger partial charge in [-0.1, -0.05) is 11.6 Å². The van der Waals surface area contributed by atoms with Gasteiger partial charge in [-0.15, -0.1) is 0 Å². The number of halogens is 1. The van der Waals surface area contributed by atoms with Crippen LogP contribution < -0.4 is 0 Å². The van der Waals surface area contributed by atoms with Gasteiger partial charge in [-0.05, 0) is 38.7 Å². The van der Waals surface area contributed by atoms with Gasteiger partial charge in [-0.25, -0.2) is 17.9 Å². The largest absolute Gasteiger partial charge is 0.451 e. The number of aromatic nitrogens is 2. The molecule has 1 saturated carbocycles. The van der Waals surface area contributed by atoms with Crippen molar-refractivity contribution in [2.24, 2.45) is 0 Å². The molecular formula is C17H21ClN2O5S. The molecule has 0 unspecified atom stereocenters. The first-order chi connectivity index (χ1) is 12.3. The fourth-order valence-electron chi connectivity index (χ4n) is 3.34. The summed E-state index contributed by atoms with van der Waals surface area (Å²) in [6, 6.07) is -0.292. The van der Waals surface area contributed by atoms with Crippen LogP contribution in [-0.4, -0.2) is 47.6 Å². The lowest BCUT2D eigenvalue weighted by atomic mass is 9.96. The van der Waals surface area contributed by atoms with Crippen molar-refractivity contribution in [2.45, 2.75) is 51.2 Å². The quantitative estimate of drug-likeness (QED) is 0.568. The highest BCUT2D eigenvalue weighted by Crippen LogP contribution is 2.30. The lowest BCUT2D eigenvalue weighted by Gasteiger charge is -2.19. The standard InChI is InChI=1S/C17H21ClN2O5S/c1-11-13(6-7-16(22)25-15-5-3-2-4-14(15)21)17(18)20(19-11)12-8-9-26(23,24)10-12/h6-7,12,15H,2-5,8-10H2,1H3/b7-6+/t12-,15+/m1/s1. The Hall–Kier alpha value is -1.67. The van der Waals surface area contributed by atoms with Crippen LogP contribution in [0.1, 0.15) is 49.4 Å². The number of carbonyl (C=O) groups excluding carboxylic acids is 2. The molecule has 0 aromatic carbocycles. The van der Waals surface area contributed by atoms with Gasteiger partial charge in [0.2, 0.25) is 0 Å². The fourth-order valence-corrected chi connectivity index (χ4v) is 5.41. The molecule has 2 heterocycles. The van der Waals surface area contributed by atoms with Crippen LogP contribution in [0.15, 0.2) is 6.08 Å². The maximum Gasteiger partial charge on any atom is 0.331 e. The highest BCUT2D eigenvalue weighted by Gasteiger charge is 2.32. The van der Waals surface area contributed by atoms with Crippen LogP contribution >= 0.6 is 11.6 Å². The normalized spacial score (nSPS) is 25.7. The summed E-state index contributed by atoms with van der Waals surface area (Å²) in [5.74, 6) is -0.498. The van der Waals surface area contributed by atoms with Crippen LogP contribution in [0.2, 0.25) is 5.15 Å². The molecule has 3 rings (SSSR count). The van der Waals surface area contributed by atoms with E-state index in [1.807, 2.05) is 0 Å². The van der Waals surface area contributed by atoms with E-state index in [0.29, 0.717) is 35.7 Å². The van der Waals surface area contributed by atoms with E-state index in [1.54, 1.807) is 6.92 Å². The average Bonchev–Trinajstić information content (AvgIpc) is 3.07. The van der Waals surface area contributed by atoms with Gasteiger partial charge < -0.3 is 4.74 Å². The first-order valence-electron chi connectivity index (χ1n) is 8.63. The number of esters is 1. The summed E-state index contributed by atoms with van der Waals surface area (Å²) in [7, 11) is -3.05. The third-order valence-electron chi connectivity index (χ3n) is 4.77. The van der Waals surface area contributed by atoms with E-state index in [-0.39, 0.29) is 23.3 Å². The minimum Gasteiger partial charge on any atom is -0.451 e. The van der Waals surface area contributed by atoms with Gasteiger partial charge in [0.25, 0.3) is 0 Å². The lowest BCUT2D eigenvalue weighted by Crippen LogP contribution is -2.29. The van der Waals surface area contributed by atoms with Crippen LogP contribution in [0.25, 0.3) is 6.08 Å². The Labute approximate surface area is 157 Å². The molecule has 1 aliphatic heterocycles. The molecule has 1 aromatic rings. The SMILES string of the molecule is Cc1nn([C@@H]2CCS(=O)(=O)C2)c(Cl)c1/C=C/C(=O)O[C@H]1CCCCC1=O. The first kappa shape index (κ1) is 19.1. The molecule has 0 spiro atoms. The molecule has 1 aliphatic carbocycles. The number of nitrogens with zero attached hydrogens (tertiary/aromatic N) is 2. The molecule has 1 saturated heterocycles. The molecule has 2 aliphatic rings. The Morgan fingerprint density at radius 3 is 2.77 bits per heavy atom. The number of Topliss-reactive ketones (excluding diaryl/α,β-unsaturated/α-hetero) is 1. The zero-order valence-corrected chi connectivity index (χ0v) is 16.1. The van der Waals surface area contributed by atoms with E-state index in [0.717, 1.165) is 12.8 Å². The Morgan fingerprint density at radius 2 is 2.12 bits per heavy atom. The van der Waals surface area contributed by atoms with Gasteiger partial charge in [0.05, 0.1) is 23.2 Å². The van der Waals surface area contributed by atoms with Gasteiger partial charge in [0.15, 0.2) is 21.7 Å². The molecular weight excluding hydrogens is 380 g/mol. The lowest BCUT2D eigenvalue weighted by molar-refractivity contribution is -0.152. The van der Waals surface area contributed by atoms with Crippen molar-refractivity contribution in [1.29, 1.82) is 0 Å². The number of rotatable bonds is 4. The molecule has 26 heavy (non-hydrogen) atoms. The van der Waals surface area contributed by atoms with Crippen LogP contribution in [0.4, 0.5) is 0 Å². The minimum atomic E-state index is -3.05. The van der Waals surface area contributed by atoms with E-state index < -0.39 is 21.9 Å². The molecule has 142 valence electrons. The summed E-state index contributed by atoms with van der Waals surface area (Å²) in [6.07, 6.45) is 5.26. The van der Waals surface area contributed by atoms with Crippen LogP contribution in [-0.2, 0) is 24.2 Å². The smallest absolute Gasteiger partial charge is 0.331 e. The summed E-state index contributed by atoms with van der Waals surface area (Å²) in [6.45, 7) is 1.74. The second-order valence-electron chi connectivity index (χ2n) is 6.76. The first-order valence-corrected chi connectivity index (χ1v) is 10.8. The highest BCUT2D eigenvalue weighted by molar-refractivity contribution is 7.91. The molecule has 2 fully saturated rings. The van der Waals surface area contributed by atoms with Crippen molar-refractivity contribution in [3.63, 3.8) is 0 Å². The minimum absolute atomic E-state index is 0.0167. The monoisotopic (exact) mass is 400 g/mol. The molecule has 9 heteroatoms. The summed E-state index contributed by atoms with van der Waals surface area (Å²) < 4.78 is 30.0. The maximum atomic E-state index is 12.0. The Bertz CT molecular complexity index is 859. The topological polar surface area (TPSA) is 95.3 Å². The van der Waals surface area contributed by atoms with Gasteiger partial charge in [-0.3, -0.25) is 4.79 Å².